The summed E-state index contributed by atoms with van der Waals surface area (Å²) in [5.74, 6) is 5.12. The minimum Gasteiger partial charge on any atom is -0.336 e. The van der Waals surface area contributed by atoms with Crippen molar-refractivity contribution in [3.63, 3.8) is 0 Å². The monoisotopic (exact) mass is 187 g/mol. The molecule has 0 aliphatic carbocycles. The summed E-state index contributed by atoms with van der Waals surface area (Å²) in [6.45, 7) is 4.14. The zero-order valence-corrected chi connectivity index (χ0v) is 8.50. The van der Waals surface area contributed by atoms with E-state index in [-0.39, 0.29) is 0 Å². The third kappa shape index (κ3) is 5.09. The number of nitrogens with two attached hydrogens (primary N) is 1. The van der Waals surface area contributed by atoms with Gasteiger partial charge in [0.1, 0.15) is 0 Å². The number of hydrogen-bond donors (Lipinski definition) is 3. The van der Waals surface area contributed by atoms with Crippen molar-refractivity contribution in [2.24, 2.45) is 5.84 Å². The van der Waals surface area contributed by atoms with Gasteiger partial charge in [0.2, 0.25) is 0 Å². The molecule has 0 radical (unpaired) electrons. The van der Waals surface area contributed by atoms with Crippen molar-refractivity contribution < 1.29 is 0 Å². The molecule has 3 nitrogen and oxygen atoms in total. The molecule has 0 rings (SSSR count). The molecule has 0 aliphatic rings. The van der Waals surface area contributed by atoms with Crippen LogP contribution < -0.4 is 16.6 Å². The zero-order chi connectivity index (χ0) is 9.40. The van der Waals surface area contributed by atoms with E-state index in [0.717, 1.165) is 12.1 Å². The molecule has 0 spiro atoms. The van der Waals surface area contributed by atoms with Gasteiger partial charge in [0, 0.05) is 5.70 Å². The summed E-state index contributed by atoms with van der Waals surface area (Å²) in [7, 11) is 0. The Hall–Kier alpha value is -0.610. The Morgan fingerprint density at radius 1 is 1.58 bits per heavy atom. The van der Waals surface area contributed by atoms with Crippen LogP contribution in [0.25, 0.3) is 0 Å². The largest absolute Gasteiger partial charge is 0.336 e. The molecule has 0 heterocycles. The maximum atomic E-state index is 5.12. The highest BCUT2D eigenvalue weighted by molar-refractivity contribution is 7.80. The fourth-order valence-corrected chi connectivity index (χ4v) is 0.959. The Balaban J connectivity index is 3.76. The third-order valence-corrected chi connectivity index (χ3v) is 1.77. The van der Waals surface area contributed by atoms with Crippen molar-refractivity contribution in [2.75, 3.05) is 0 Å². The first-order valence-electron chi connectivity index (χ1n) is 4.17. The lowest BCUT2D eigenvalue weighted by Crippen LogP contribution is -2.39. The normalized spacial score (nSPS) is 11.1. The van der Waals surface area contributed by atoms with Crippen LogP contribution in [0.2, 0.25) is 0 Å². The second-order valence-electron chi connectivity index (χ2n) is 2.52. The lowest BCUT2D eigenvalue weighted by molar-refractivity contribution is 0.757. The Labute approximate surface area is 79.4 Å². The molecule has 0 saturated heterocycles. The summed E-state index contributed by atoms with van der Waals surface area (Å²) < 4.78 is 0. The Bertz CT molecular complexity index is 166. The highest BCUT2D eigenvalue weighted by Crippen LogP contribution is 2.03. The van der Waals surface area contributed by atoms with E-state index in [1.54, 1.807) is 0 Å². The Morgan fingerprint density at radius 3 is 2.67 bits per heavy atom. The number of rotatable bonds is 4. The molecule has 0 saturated carbocycles. The van der Waals surface area contributed by atoms with Gasteiger partial charge >= 0.3 is 0 Å². The Morgan fingerprint density at radius 2 is 2.25 bits per heavy atom. The van der Waals surface area contributed by atoms with E-state index < -0.39 is 0 Å². The van der Waals surface area contributed by atoms with Crippen molar-refractivity contribution in [2.45, 2.75) is 33.1 Å². The topological polar surface area (TPSA) is 50.1 Å². The maximum Gasteiger partial charge on any atom is 0.184 e. The van der Waals surface area contributed by atoms with Gasteiger partial charge in [0.05, 0.1) is 0 Å². The van der Waals surface area contributed by atoms with Gasteiger partial charge in [-0.15, -0.1) is 0 Å². The quantitative estimate of drug-likeness (QED) is 0.354. The molecular weight excluding hydrogens is 170 g/mol. The van der Waals surface area contributed by atoms with E-state index in [0.29, 0.717) is 5.11 Å². The van der Waals surface area contributed by atoms with Crippen LogP contribution in [0.3, 0.4) is 0 Å². The van der Waals surface area contributed by atoms with Crippen LogP contribution in [0.4, 0.5) is 0 Å². The smallest absolute Gasteiger partial charge is 0.184 e. The summed E-state index contributed by atoms with van der Waals surface area (Å²) >= 11 is 4.86. The molecular formula is C8H17N3S. The number of allylic oxidation sites excluding steroid dienone is 2. The molecule has 12 heavy (non-hydrogen) atoms. The fraction of sp³-hybridized carbons (Fsp3) is 0.625. The van der Waals surface area contributed by atoms with Crippen LogP contribution >= 0.6 is 12.2 Å². The van der Waals surface area contributed by atoms with Crippen molar-refractivity contribution in [1.82, 2.24) is 10.7 Å². The number of unbranched alkanes of at least 4 members (excludes halogenated alkanes) is 1. The Kier molecular flexibility index (Phi) is 6.70. The van der Waals surface area contributed by atoms with Crippen LogP contribution in [-0.4, -0.2) is 5.11 Å². The lowest BCUT2D eigenvalue weighted by atomic mass is 10.2. The van der Waals surface area contributed by atoms with E-state index in [2.05, 4.69) is 17.7 Å². The van der Waals surface area contributed by atoms with Gasteiger partial charge in [-0.25, -0.2) is 5.84 Å². The van der Waals surface area contributed by atoms with Gasteiger partial charge < -0.3 is 10.7 Å². The van der Waals surface area contributed by atoms with Crippen LogP contribution in [0.5, 0.6) is 0 Å². The third-order valence-electron chi connectivity index (χ3n) is 1.55. The summed E-state index contributed by atoms with van der Waals surface area (Å²) in [6.07, 6.45) is 5.38. The molecule has 4 heteroatoms. The second-order valence-corrected chi connectivity index (χ2v) is 2.92. The zero-order valence-electron chi connectivity index (χ0n) is 7.68. The van der Waals surface area contributed by atoms with Gasteiger partial charge in [-0.3, -0.25) is 0 Å². The van der Waals surface area contributed by atoms with Gasteiger partial charge in [0.15, 0.2) is 5.11 Å². The standard InChI is InChI=1S/C8H17N3S/c1-3-5-6-7(4-2)10-8(12)11-9/h4H,3,5-6,9H2,1-2H3,(H2,10,11,12)/b7-4-. The van der Waals surface area contributed by atoms with Crippen LogP contribution in [0, 0.1) is 0 Å². The van der Waals surface area contributed by atoms with Gasteiger partial charge in [-0.05, 0) is 32.0 Å². The highest BCUT2D eigenvalue weighted by Gasteiger charge is 1.96. The first-order chi connectivity index (χ1) is 5.74. The summed E-state index contributed by atoms with van der Waals surface area (Å²) in [4.78, 5) is 0. The summed E-state index contributed by atoms with van der Waals surface area (Å²) in [5, 5.41) is 3.48. The molecule has 0 aliphatic heterocycles. The van der Waals surface area contributed by atoms with Crippen molar-refractivity contribution >= 4 is 17.3 Å². The van der Waals surface area contributed by atoms with Crippen LogP contribution in [-0.2, 0) is 0 Å². The van der Waals surface area contributed by atoms with E-state index >= 15 is 0 Å². The number of hydrogen-bond acceptors (Lipinski definition) is 2. The van der Waals surface area contributed by atoms with Crippen molar-refractivity contribution in [3.05, 3.63) is 11.8 Å². The van der Waals surface area contributed by atoms with E-state index in [1.807, 2.05) is 13.0 Å². The molecule has 0 atom stereocenters. The summed E-state index contributed by atoms with van der Waals surface area (Å²) in [6, 6.07) is 0. The average molecular weight is 187 g/mol. The molecule has 70 valence electrons. The fourth-order valence-electron chi connectivity index (χ4n) is 0.828. The number of nitrogens with one attached hydrogen (secondary N) is 2. The molecule has 0 amide bonds. The number of thiocarbonyl (C=S) groups is 1. The van der Waals surface area contributed by atoms with Gasteiger partial charge in [-0.1, -0.05) is 19.4 Å². The summed E-state index contributed by atoms with van der Waals surface area (Å²) in [5.41, 5.74) is 3.51. The molecule has 0 fully saturated rings. The van der Waals surface area contributed by atoms with Crippen molar-refractivity contribution in [3.8, 4) is 0 Å². The molecule has 0 aromatic heterocycles. The first kappa shape index (κ1) is 11.4. The minimum absolute atomic E-state index is 0.471. The molecule has 0 unspecified atom stereocenters. The van der Waals surface area contributed by atoms with E-state index in [1.165, 1.54) is 12.8 Å². The minimum atomic E-state index is 0.471. The molecule has 4 N–H and O–H groups in total. The predicted molar refractivity (Wildman–Crippen MR) is 56.3 cm³/mol. The number of hydrazine groups is 1. The van der Waals surface area contributed by atoms with Crippen LogP contribution in [0.15, 0.2) is 11.8 Å². The van der Waals surface area contributed by atoms with E-state index in [4.69, 9.17) is 18.1 Å². The predicted octanol–water partition coefficient (Wildman–Crippen LogP) is 1.42. The maximum absolute atomic E-state index is 5.12. The second kappa shape index (κ2) is 7.06. The van der Waals surface area contributed by atoms with Gasteiger partial charge in [0.25, 0.3) is 0 Å². The van der Waals surface area contributed by atoms with E-state index in [9.17, 15) is 0 Å². The highest BCUT2D eigenvalue weighted by atomic mass is 32.1. The van der Waals surface area contributed by atoms with Crippen LogP contribution in [0.1, 0.15) is 33.1 Å². The first-order valence-corrected chi connectivity index (χ1v) is 4.58. The molecule has 0 aromatic rings. The SMILES string of the molecule is C/C=C(/CCCC)NC(=S)NN. The average Bonchev–Trinajstić information content (AvgIpc) is 2.11. The lowest BCUT2D eigenvalue weighted by Gasteiger charge is -2.09. The molecule has 0 aromatic carbocycles. The molecule has 0 bridgehead atoms. The van der Waals surface area contributed by atoms with Gasteiger partial charge in [-0.2, -0.15) is 0 Å². The van der Waals surface area contributed by atoms with Crippen molar-refractivity contribution in [1.29, 1.82) is 0 Å².